The highest BCUT2D eigenvalue weighted by atomic mass is 79.9. The Morgan fingerprint density at radius 3 is 2.79 bits per heavy atom. The number of piperidine rings is 1. The number of sulfone groups is 1. The van der Waals surface area contributed by atoms with Gasteiger partial charge in [-0.1, -0.05) is 0 Å². The largest absolute Gasteiger partial charge is 0.369 e. The summed E-state index contributed by atoms with van der Waals surface area (Å²) in [4.78, 5) is 2.07. The van der Waals surface area contributed by atoms with E-state index in [9.17, 15) is 8.42 Å². The van der Waals surface area contributed by atoms with Crippen molar-refractivity contribution in [2.45, 2.75) is 18.1 Å². The average Bonchev–Trinajstić information content (AvgIpc) is 2.37. The van der Waals surface area contributed by atoms with Crippen LogP contribution in [0.1, 0.15) is 18.4 Å². The lowest BCUT2D eigenvalue weighted by atomic mass is 10.1. The van der Waals surface area contributed by atoms with Crippen molar-refractivity contribution in [1.29, 1.82) is 5.26 Å². The Morgan fingerprint density at radius 1 is 1.47 bits per heavy atom. The van der Waals surface area contributed by atoms with Crippen molar-refractivity contribution in [3.63, 3.8) is 0 Å². The van der Waals surface area contributed by atoms with E-state index in [-0.39, 0.29) is 5.25 Å². The summed E-state index contributed by atoms with van der Waals surface area (Å²) in [6.45, 7) is 1.36. The predicted molar refractivity (Wildman–Crippen MR) is 78.9 cm³/mol. The van der Waals surface area contributed by atoms with Crippen LogP contribution in [0.5, 0.6) is 0 Å². The highest BCUT2D eigenvalue weighted by Gasteiger charge is 2.28. The quantitative estimate of drug-likeness (QED) is 0.827. The molecule has 1 saturated heterocycles. The normalized spacial score (nSPS) is 20.1. The number of hydrogen-bond acceptors (Lipinski definition) is 4. The molecule has 1 aliphatic rings. The summed E-state index contributed by atoms with van der Waals surface area (Å²) in [5.74, 6) is 0. The molecule has 1 aromatic carbocycles. The van der Waals surface area contributed by atoms with Gasteiger partial charge >= 0.3 is 0 Å². The molecule has 4 nitrogen and oxygen atoms in total. The van der Waals surface area contributed by atoms with Crippen LogP contribution in [0, 0.1) is 11.3 Å². The Kier molecular flexibility index (Phi) is 4.16. The minimum atomic E-state index is -3.00. The average molecular weight is 343 g/mol. The smallest absolute Gasteiger partial charge is 0.152 e. The summed E-state index contributed by atoms with van der Waals surface area (Å²) < 4.78 is 24.2. The van der Waals surface area contributed by atoms with E-state index in [1.165, 1.54) is 6.26 Å². The Labute approximate surface area is 122 Å². The molecule has 0 amide bonds. The van der Waals surface area contributed by atoms with E-state index in [4.69, 9.17) is 5.26 Å². The minimum Gasteiger partial charge on any atom is -0.369 e. The molecule has 0 bridgehead atoms. The van der Waals surface area contributed by atoms with E-state index in [0.29, 0.717) is 12.1 Å². The molecule has 102 valence electrons. The predicted octanol–water partition coefficient (Wildman–Crippen LogP) is 2.33. The molecule has 6 heteroatoms. The van der Waals surface area contributed by atoms with Crippen LogP contribution in [0.3, 0.4) is 0 Å². The Bertz CT molecular complexity index is 622. The highest BCUT2D eigenvalue weighted by Crippen LogP contribution is 2.30. The van der Waals surface area contributed by atoms with Crippen molar-refractivity contribution in [3.05, 3.63) is 28.2 Å². The first-order valence-corrected chi connectivity index (χ1v) is 8.80. The molecule has 1 fully saturated rings. The van der Waals surface area contributed by atoms with Crippen molar-refractivity contribution in [3.8, 4) is 6.07 Å². The van der Waals surface area contributed by atoms with Gasteiger partial charge in [-0.2, -0.15) is 5.26 Å². The first-order chi connectivity index (χ1) is 8.91. The number of benzene rings is 1. The molecule has 0 saturated carbocycles. The molecule has 2 rings (SSSR count). The number of halogens is 1. The van der Waals surface area contributed by atoms with E-state index in [2.05, 4.69) is 26.9 Å². The molecule has 0 spiro atoms. The van der Waals surface area contributed by atoms with Gasteiger partial charge in [-0.3, -0.25) is 0 Å². The van der Waals surface area contributed by atoms with Crippen LogP contribution >= 0.6 is 15.9 Å². The molecule has 0 radical (unpaired) electrons. The fourth-order valence-corrected chi connectivity index (χ4v) is 4.01. The van der Waals surface area contributed by atoms with Crippen molar-refractivity contribution in [2.24, 2.45) is 0 Å². The molecule has 1 unspecified atom stereocenters. The van der Waals surface area contributed by atoms with E-state index in [1.807, 2.05) is 6.07 Å². The van der Waals surface area contributed by atoms with E-state index in [0.717, 1.165) is 29.5 Å². The van der Waals surface area contributed by atoms with E-state index in [1.54, 1.807) is 12.1 Å². The highest BCUT2D eigenvalue weighted by molar-refractivity contribution is 9.10. The van der Waals surface area contributed by atoms with Gasteiger partial charge < -0.3 is 4.90 Å². The van der Waals surface area contributed by atoms with Gasteiger partial charge in [-0.15, -0.1) is 0 Å². The Morgan fingerprint density at radius 2 is 2.21 bits per heavy atom. The topological polar surface area (TPSA) is 61.2 Å². The summed E-state index contributed by atoms with van der Waals surface area (Å²) in [5, 5.41) is 8.55. The van der Waals surface area contributed by atoms with Crippen molar-refractivity contribution >= 4 is 31.5 Å². The third kappa shape index (κ3) is 3.28. The fraction of sp³-hybridized carbons (Fsp3) is 0.462. The molecule has 1 heterocycles. The summed E-state index contributed by atoms with van der Waals surface area (Å²) >= 11 is 3.45. The third-order valence-corrected chi connectivity index (χ3v) is 5.63. The summed E-state index contributed by atoms with van der Waals surface area (Å²) in [7, 11) is -3.00. The van der Waals surface area contributed by atoms with E-state index < -0.39 is 9.84 Å². The standard InChI is InChI=1S/C13H15BrN2O2S/c1-19(17,18)11-3-2-6-16(9-11)13-5-4-10(8-15)7-12(13)14/h4-5,7,11H,2-3,6,9H2,1H3. The van der Waals surface area contributed by atoms with Gasteiger partial charge in [-0.05, 0) is 47.0 Å². The summed E-state index contributed by atoms with van der Waals surface area (Å²) in [6.07, 6.45) is 2.89. The maximum Gasteiger partial charge on any atom is 0.152 e. The second kappa shape index (κ2) is 5.51. The van der Waals surface area contributed by atoms with Crippen LogP contribution in [-0.2, 0) is 9.84 Å². The Balaban J connectivity index is 2.25. The van der Waals surface area contributed by atoms with Gasteiger partial charge in [0.2, 0.25) is 0 Å². The van der Waals surface area contributed by atoms with Crippen LogP contribution in [0.4, 0.5) is 5.69 Å². The lowest BCUT2D eigenvalue weighted by Gasteiger charge is -2.34. The second-order valence-corrected chi connectivity index (χ2v) is 8.00. The monoisotopic (exact) mass is 342 g/mol. The SMILES string of the molecule is CS(=O)(=O)C1CCCN(c2ccc(C#N)cc2Br)C1. The number of rotatable bonds is 2. The summed E-state index contributed by atoms with van der Waals surface area (Å²) in [5.41, 5.74) is 1.54. The number of hydrogen-bond donors (Lipinski definition) is 0. The van der Waals surface area contributed by atoms with Crippen molar-refractivity contribution in [1.82, 2.24) is 0 Å². The molecule has 0 N–H and O–H groups in total. The zero-order valence-corrected chi connectivity index (χ0v) is 13.0. The molecular weight excluding hydrogens is 328 g/mol. The van der Waals surface area contributed by atoms with Crippen LogP contribution < -0.4 is 4.90 Å². The first-order valence-electron chi connectivity index (χ1n) is 6.05. The van der Waals surface area contributed by atoms with Gasteiger partial charge in [0.25, 0.3) is 0 Å². The fourth-order valence-electron chi connectivity index (χ4n) is 2.34. The molecule has 1 aliphatic heterocycles. The zero-order valence-electron chi connectivity index (χ0n) is 10.6. The zero-order chi connectivity index (χ0) is 14.0. The maximum atomic E-state index is 11.7. The number of nitriles is 1. The number of nitrogens with zero attached hydrogens (tertiary/aromatic N) is 2. The van der Waals surface area contributed by atoms with Gasteiger partial charge in [0, 0.05) is 23.8 Å². The van der Waals surface area contributed by atoms with Crippen LogP contribution in [0.25, 0.3) is 0 Å². The van der Waals surface area contributed by atoms with Crippen LogP contribution in [-0.4, -0.2) is 33.0 Å². The molecule has 19 heavy (non-hydrogen) atoms. The van der Waals surface area contributed by atoms with Gasteiger partial charge in [-0.25, -0.2) is 8.42 Å². The lowest BCUT2D eigenvalue weighted by Crippen LogP contribution is -2.42. The minimum absolute atomic E-state index is 0.302. The van der Waals surface area contributed by atoms with E-state index >= 15 is 0 Å². The molecule has 0 aliphatic carbocycles. The maximum absolute atomic E-state index is 11.7. The molecule has 0 aromatic heterocycles. The van der Waals surface area contributed by atoms with Gasteiger partial charge in [0.1, 0.15) is 0 Å². The molecule has 1 atom stereocenters. The van der Waals surface area contributed by atoms with Gasteiger partial charge in [0.05, 0.1) is 22.6 Å². The Hall–Kier alpha value is -1.06. The van der Waals surface area contributed by atoms with Gasteiger partial charge in [0.15, 0.2) is 9.84 Å². The molecule has 1 aromatic rings. The van der Waals surface area contributed by atoms with Crippen molar-refractivity contribution in [2.75, 3.05) is 24.2 Å². The lowest BCUT2D eigenvalue weighted by molar-refractivity contribution is 0.535. The van der Waals surface area contributed by atoms with Crippen LogP contribution in [0.2, 0.25) is 0 Å². The van der Waals surface area contributed by atoms with Crippen LogP contribution in [0.15, 0.2) is 22.7 Å². The first kappa shape index (κ1) is 14.4. The number of anilines is 1. The third-order valence-electron chi connectivity index (χ3n) is 3.40. The van der Waals surface area contributed by atoms with Crippen molar-refractivity contribution < 1.29 is 8.42 Å². The summed E-state index contributed by atoms with van der Waals surface area (Å²) in [6, 6.07) is 7.47. The second-order valence-electron chi connectivity index (χ2n) is 4.82. The molecular formula is C13H15BrN2O2S.